The second-order valence-corrected chi connectivity index (χ2v) is 7.34. The molecular weight excluding hydrogens is 370 g/mol. The molecule has 0 aromatic heterocycles. The number of carbonyl (C=O) groups is 2. The minimum absolute atomic E-state index is 0.0252. The van der Waals surface area contributed by atoms with Gasteiger partial charge in [-0.1, -0.05) is 18.7 Å². The molecular formula is C21H33N5O3. The first-order valence-corrected chi connectivity index (χ1v) is 9.61. The Hall–Kier alpha value is -3.03. The third kappa shape index (κ3) is 7.48. The molecule has 0 bridgehead atoms. The Labute approximate surface area is 173 Å². The van der Waals surface area contributed by atoms with Crippen LogP contribution >= 0.6 is 0 Å². The van der Waals surface area contributed by atoms with Crippen LogP contribution in [0.4, 0.5) is 10.5 Å². The monoisotopic (exact) mass is 403 g/mol. The molecule has 0 aliphatic rings. The summed E-state index contributed by atoms with van der Waals surface area (Å²) in [6.07, 6.45) is 0. The van der Waals surface area contributed by atoms with Crippen molar-refractivity contribution in [1.82, 2.24) is 4.90 Å². The van der Waals surface area contributed by atoms with E-state index in [-0.39, 0.29) is 25.2 Å². The predicted octanol–water partition coefficient (Wildman–Crippen LogP) is 2.62. The number of primary amides is 1. The van der Waals surface area contributed by atoms with Gasteiger partial charge in [0, 0.05) is 23.3 Å². The van der Waals surface area contributed by atoms with E-state index in [9.17, 15) is 9.59 Å². The summed E-state index contributed by atoms with van der Waals surface area (Å²) >= 11 is 0. The molecule has 8 nitrogen and oxygen atoms in total. The van der Waals surface area contributed by atoms with Crippen molar-refractivity contribution in [2.75, 3.05) is 18.1 Å². The van der Waals surface area contributed by atoms with Crippen molar-refractivity contribution in [3.63, 3.8) is 0 Å². The Morgan fingerprint density at radius 2 is 1.66 bits per heavy atom. The molecule has 0 aliphatic heterocycles. The number of hydrogen-bond donors (Lipinski definition) is 2. The summed E-state index contributed by atoms with van der Waals surface area (Å²) in [6, 6.07) is 7.14. The Morgan fingerprint density at radius 1 is 1.10 bits per heavy atom. The standard InChI is InChI=1S/C21H33N5O3/c1-14(2)19(27)29-12-11-25(21(23)28)18-9-7-17(8-10-18)13-24-20(22)26(15(3)4)16(5)6/h7-10,15-16H,1,11-13H2,2-6H3,(H2,22,24)(H2,23,28). The van der Waals surface area contributed by atoms with Gasteiger partial charge >= 0.3 is 12.0 Å². The van der Waals surface area contributed by atoms with Gasteiger partial charge in [-0.3, -0.25) is 4.90 Å². The lowest BCUT2D eigenvalue weighted by molar-refractivity contribution is -0.138. The largest absolute Gasteiger partial charge is 0.460 e. The number of urea groups is 1. The highest BCUT2D eigenvalue weighted by Gasteiger charge is 2.16. The molecule has 4 N–H and O–H groups in total. The zero-order chi connectivity index (χ0) is 22.1. The molecule has 0 spiro atoms. The molecule has 160 valence electrons. The second kappa shape index (κ2) is 11.1. The minimum atomic E-state index is -0.629. The molecule has 0 radical (unpaired) electrons. The summed E-state index contributed by atoms with van der Waals surface area (Å²) < 4.78 is 5.03. The molecule has 29 heavy (non-hydrogen) atoms. The van der Waals surface area contributed by atoms with Crippen LogP contribution in [-0.4, -0.2) is 48.1 Å². The summed E-state index contributed by atoms with van der Waals surface area (Å²) in [5, 5.41) is 0. The summed E-state index contributed by atoms with van der Waals surface area (Å²) in [5.74, 6) is -0.00535. The summed E-state index contributed by atoms with van der Waals surface area (Å²) in [4.78, 5) is 31.1. The number of nitrogens with zero attached hydrogens (tertiary/aromatic N) is 3. The first kappa shape index (κ1) is 24.0. The fraction of sp³-hybridized carbons (Fsp3) is 0.476. The molecule has 0 saturated heterocycles. The van der Waals surface area contributed by atoms with Gasteiger partial charge in [-0.15, -0.1) is 0 Å². The minimum Gasteiger partial charge on any atom is -0.460 e. The third-order valence-corrected chi connectivity index (χ3v) is 4.21. The van der Waals surface area contributed by atoms with Crippen molar-refractivity contribution in [3.8, 4) is 0 Å². The number of anilines is 1. The topological polar surface area (TPSA) is 114 Å². The molecule has 1 aromatic rings. The van der Waals surface area contributed by atoms with Crippen LogP contribution in [0.5, 0.6) is 0 Å². The highest BCUT2D eigenvalue weighted by molar-refractivity contribution is 5.91. The van der Waals surface area contributed by atoms with Crippen LogP contribution in [0.2, 0.25) is 0 Å². The lowest BCUT2D eigenvalue weighted by Gasteiger charge is -2.31. The maximum Gasteiger partial charge on any atom is 0.333 e. The van der Waals surface area contributed by atoms with E-state index < -0.39 is 12.0 Å². The van der Waals surface area contributed by atoms with Crippen LogP contribution in [0.25, 0.3) is 0 Å². The van der Waals surface area contributed by atoms with Crippen molar-refractivity contribution in [3.05, 3.63) is 42.0 Å². The van der Waals surface area contributed by atoms with Gasteiger partial charge in [0.2, 0.25) is 0 Å². The Kier molecular flexibility index (Phi) is 9.18. The Morgan fingerprint density at radius 3 is 2.10 bits per heavy atom. The molecule has 1 aromatic carbocycles. The molecule has 0 fully saturated rings. The molecule has 2 amide bonds. The second-order valence-electron chi connectivity index (χ2n) is 7.34. The van der Waals surface area contributed by atoms with E-state index in [1.54, 1.807) is 19.1 Å². The number of nitrogens with two attached hydrogens (primary N) is 2. The average Bonchev–Trinajstić information content (AvgIpc) is 2.63. The number of hydrogen-bond acceptors (Lipinski definition) is 4. The molecule has 0 atom stereocenters. The van der Waals surface area contributed by atoms with Gasteiger partial charge in [0.15, 0.2) is 5.96 Å². The number of carbonyl (C=O) groups excluding carboxylic acids is 2. The van der Waals surface area contributed by atoms with Gasteiger partial charge in [-0.05, 0) is 52.3 Å². The molecule has 0 saturated carbocycles. The van der Waals surface area contributed by atoms with Crippen LogP contribution in [0.15, 0.2) is 41.4 Å². The summed E-state index contributed by atoms with van der Waals surface area (Å²) in [5.41, 5.74) is 13.5. The fourth-order valence-corrected chi connectivity index (χ4v) is 2.88. The van der Waals surface area contributed by atoms with Crippen molar-refractivity contribution in [2.45, 2.75) is 53.2 Å². The number of ether oxygens (including phenoxy) is 1. The summed E-state index contributed by atoms with van der Waals surface area (Å²) in [7, 11) is 0. The first-order chi connectivity index (χ1) is 13.5. The highest BCUT2D eigenvalue weighted by atomic mass is 16.5. The average molecular weight is 404 g/mol. The smallest absolute Gasteiger partial charge is 0.333 e. The quantitative estimate of drug-likeness (QED) is 0.285. The van der Waals surface area contributed by atoms with Crippen LogP contribution in [0.1, 0.15) is 40.2 Å². The van der Waals surface area contributed by atoms with Crippen LogP contribution < -0.4 is 16.4 Å². The zero-order valence-corrected chi connectivity index (χ0v) is 18.0. The van der Waals surface area contributed by atoms with Crippen LogP contribution in [0, 0.1) is 0 Å². The van der Waals surface area contributed by atoms with Gasteiger partial charge in [-0.25, -0.2) is 14.6 Å². The van der Waals surface area contributed by atoms with E-state index >= 15 is 0 Å². The summed E-state index contributed by atoms with van der Waals surface area (Å²) in [6.45, 7) is 14.0. The Bertz CT molecular complexity index is 733. The molecule has 0 unspecified atom stereocenters. The van der Waals surface area contributed by atoms with Crippen molar-refractivity contribution >= 4 is 23.6 Å². The zero-order valence-electron chi connectivity index (χ0n) is 18.0. The SMILES string of the molecule is C=C(C)C(=O)OCCN(C(N)=O)c1ccc(CN=C(N)N(C(C)C)C(C)C)cc1. The van der Waals surface area contributed by atoms with Crippen molar-refractivity contribution < 1.29 is 14.3 Å². The van der Waals surface area contributed by atoms with Gasteiger partial charge in [0.1, 0.15) is 6.61 Å². The van der Waals surface area contributed by atoms with Gasteiger partial charge in [0.05, 0.1) is 13.1 Å². The number of rotatable bonds is 9. The van der Waals surface area contributed by atoms with E-state index in [0.29, 0.717) is 23.8 Å². The van der Waals surface area contributed by atoms with Crippen LogP contribution in [0.3, 0.4) is 0 Å². The van der Waals surface area contributed by atoms with Gasteiger partial charge < -0.3 is 21.1 Å². The maximum absolute atomic E-state index is 11.8. The fourth-order valence-electron chi connectivity index (χ4n) is 2.88. The normalized spacial score (nSPS) is 11.5. The number of amides is 2. The molecule has 1 rings (SSSR count). The van der Waals surface area contributed by atoms with E-state index in [1.165, 1.54) is 4.90 Å². The lowest BCUT2D eigenvalue weighted by atomic mass is 10.2. The number of benzene rings is 1. The lowest BCUT2D eigenvalue weighted by Crippen LogP contribution is -2.46. The number of guanidine groups is 1. The number of esters is 1. The third-order valence-electron chi connectivity index (χ3n) is 4.21. The Balaban J connectivity index is 2.79. The van der Waals surface area contributed by atoms with E-state index in [2.05, 4.69) is 44.2 Å². The van der Waals surface area contributed by atoms with Crippen molar-refractivity contribution in [2.24, 2.45) is 16.5 Å². The molecule has 0 heterocycles. The van der Waals surface area contributed by atoms with Crippen molar-refractivity contribution in [1.29, 1.82) is 0 Å². The first-order valence-electron chi connectivity index (χ1n) is 9.61. The highest BCUT2D eigenvalue weighted by Crippen LogP contribution is 2.16. The number of aliphatic imine (C=N–C) groups is 1. The molecule has 8 heteroatoms. The van der Waals surface area contributed by atoms with E-state index in [0.717, 1.165) is 5.56 Å². The van der Waals surface area contributed by atoms with E-state index in [4.69, 9.17) is 16.2 Å². The van der Waals surface area contributed by atoms with Gasteiger partial charge in [0.25, 0.3) is 0 Å². The maximum atomic E-state index is 11.8. The van der Waals surface area contributed by atoms with Gasteiger partial charge in [-0.2, -0.15) is 0 Å². The predicted molar refractivity (Wildman–Crippen MR) is 117 cm³/mol. The van der Waals surface area contributed by atoms with Crippen LogP contribution in [-0.2, 0) is 16.1 Å². The molecule has 0 aliphatic carbocycles. The van der Waals surface area contributed by atoms with E-state index in [1.807, 2.05) is 12.1 Å².